The molecule has 7 heteroatoms. The van der Waals surface area contributed by atoms with Crippen molar-refractivity contribution in [3.63, 3.8) is 0 Å². The first-order valence-electron chi connectivity index (χ1n) is 27.5. The van der Waals surface area contributed by atoms with Gasteiger partial charge in [-0.2, -0.15) is 0 Å². The number of rotatable bonds is 7. The van der Waals surface area contributed by atoms with Crippen LogP contribution in [0.2, 0.25) is 0 Å². The summed E-state index contributed by atoms with van der Waals surface area (Å²) in [5, 5.41) is 2.61. The number of hydrogen-bond acceptors (Lipinski definition) is 3. The molecule has 15 rings (SSSR count). The Hall–Kier alpha value is -7.74. The van der Waals surface area contributed by atoms with Gasteiger partial charge in [-0.15, -0.1) is 0 Å². The number of nitrogens with zero attached hydrogens (tertiary/aromatic N) is 3. The van der Waals surface area contributed by atoms with Crippen LogP contribution in [0.5, 0.6) is 11.5 Å². The van der Waals surface area contributed by atoms with Crippen molar-refractivity contribution in [1.29, 1.82) is 0 Å². The lowest BCUT2D eigenvalue weighted by Crippen LogP contribution is -2.64. The van der Waals surface area contributed by atoms with E-state index in [0.29, 0.717) is 0 Å². The van der Waals surface area contributed by atoms with Crippen molar-refractivity contribution in [3.05, 3.63) is 218 Å². The molecule has 0 saturated carbocycles. The van der Waals surface area contributed by atoms with Gasteiger partial charge in [0.2, 0.25) is 0 Å². The van der Waals surface area contributed by atoms with Crippen molar-refractivity contribution in [2.45, 2.75) is 67.7 Å². The molecule has 1 aromatic heterocycles. The first-order chi connectivity index (χ1) is 37.5. The molecule has 370 valence electrons. The quantitative estimate of drug-likeness (QED) is 0.117. The van der Waals surface area contributed by atoms with Crippen LogP contribution in [0.25, 0.3) is 49.7 Å². The molecule has 4 aliphatic rings. The van der Waals surface area contributed by atoms with E-state index in [-0.39, 0.29) is 13.4 Å². The van der Waals surface area contributed by atoms with Crippen LogP contribution in [0.3, 0.4) is 0 Å². The van der Waals surface area contributed by atoms with E-state index in [1.54, 1.807) is 0 Å². The summed E-state index contributed by atoms with van der Waals surface area (Å²) >= 11 is 2.45. The highest BCUT2D eigenvalue weighted by Crippen LogP contribution is 2.48. The second-order valence-electron chi connectivity index (χ2n) is 22.5. The number of para-hydroxylation sites is 1. The standard InChI is InChI=1S/C70H56B2IN3O/c1-8-9-12-46-20-24-50(25-21-46)74-61-14-11-10-13-56(61)71-58-38-57-62(39-66(58)77-67-37-48(36-65(74)69(67)71)53-30-41(3)16-19-45(53)7)75(51-26-22-49(73)23-27-51)63-34-47(52-29-40(2)15-18-44(52)6)35-64-68(63)72(57)59-33-43(5)32-55-54-31-42(4)17-28-60(54)76(64)70(55)59/h10-11,13-39H,8-9,12H2,1-7H3. The fourth-order valence-corrected chi connectivity index (χ4v) is 14.1. The van der Waals surface area contributed by atoms with E-state index in [1.807, 2.05) is 0 Å². The second-order valence-corrected chi connectivity index (χ2v) is 23.7. The minimum atomic E-state index is -0.0900. The van der Waals surface area contributed by atoms with Crippen LogP contribution in [-0.2, 0) is 6.42 Å². The minimum Gasteiger partial charge on any atom is -0.458 e. The number of halogens is 1. The molecule has 0 N–H and O–H groups in total. The maximum Gasteiger partial charge on any atom is 0.256 e. The number of aromatic nitrogens is 1. The first kappa shape index (κ1) is 46.6. The number of unbranched alkanes of at least 4 members (excludes halogenated alkanes) is 1. The Labute approximate surface area is 466 Å². The van der Waals surface area contributed by atoms with Crippen molar-refractivity contribution >= 4 is 125 Å². The Morgan fingerprint density at radius 2 is 1.06 bits per heavy atom. The van der Waals surface area contributed by atoms with Gasteiger partial charge >= 0.3 is 0 Å². The third-order valence-electron chi connectivity index (χ3n) is 17.3. The zero-order valence-electron chi connectivity index (χ0n) is 44.6. The van der Waals surface area contributed by atoms with Gasteiger partial charge in [0.05, 0.1) is 5.52 Å². The van der Waals surface area contributed by atoms with E-state index in [0.717, 1.165) is 46.2 Å². The van der Waals surface area contributed by atoms with Crippen LogP contribution >= 0.6 is 22.6 Å². The Morgan fingerprint density at radius 1 is 0.455 bits per heavy atom. The molecule has 0 aliphatic carbocycles. The van der Waals surface area contributed by atoms with E-state index in [9.17, 15) is 0 Å². The molecule has 0 atom stereocenters. The lowest BCUT2D eigenvalue weighted by Gasteiger charge is -2.43. The molecular formula is C70H56B2IN3O. The maximum atomic E-state index is 7.63. The van der Waals surface area contributed by atoms with E-state index in [2.05, 4.69) is 261 Å². The zero-order chi connectivity index (χ0) is 52.1. The van der Waals surface area contributed by atoms with Crippen LogP contribution in [-0.4, -0.2) is 18.0 Å². The Kier molecular flexibility index (Phi) is 10.5. The lowest BCUT2D eigenvalue weighted by atomic mass is 9.30. The molecule has 0 amide bonds. The molecule has 4 nitrogen and oxygen atoms in total. The van der Waals surface area contributed by atoms with Crippen molar-refractivity contribution < 1.29 is 4.74 Å². The van der Waals surface area contributed by atoms with E-state index >= 15 is 0 Å². The number of fused-ring (bicyclic) bond motifs is 11. The van der Waals surface area contributed by atoms with Crippen LogP contribution in [0.4, 0.5) is 34.1 Å². The number of aryl methyl sites for hydroxylation is 7. The fraction of sp³-hybridized carbons (Fsp3) is 0.143. The molecule has 0 spiro atoms. The Morgan fingerprint density at radius 3 is 1.79 bits per heavy atom. The first-order valence-corrected chi connectivity index (χ1v) is 28.5. The van der Waals surface area contributed by atoms with Crippen molar-refractivity contribution in [1.82, 2.24) is 4.57 Å². The van der Waals surface area contributed by atoms with Gasteiger partial charge in [-0.05, 0) is 234 Å². The minimum absolute atomic E-state index is 0.0672. The molecule has 77 heavy (non-hydrogen) atoms. The molecule has 5 heterocycles. The highest BCUT2D eigenvalue weighted by Gasteiger charge is 2.47. The SMILES string of the molecule is CCCCc1ccc(N2c3ccccc3B3c4cc5c(cc4Oc4cc(-c6cc(C)ccc6C)cc2c43)N(c2ccc(I)cc2)c2cc(-c3cc(C)ccc3C)cc3c2B5c2cc(C)cc4c5cc(C)ccc5n-3c24)cc1. The summed E-state index contributed by atoms with van der Waals surface area (Å²) in [7, 11) is 0. The zero-order valence-corrected chi connectivity index (χ0v) is 46.8. The molecule has 0 radical (unpaired) electrons. The number of ether oxygens (including phenoxy) is 1. The molecule has 0 saturated heterocycles. The van der Waals surface area contributed by atoms with Gasteiger partial charge < -0.3 is 19.1 Å². The molecule has 10 aromatic carbocycles. The Balaban J connectivity index is 1.04. The monoisotopic (exact) mass is 1100 g/mol. The maximum absolute atomic E-state index is 7.63. The molecule has 11 aromatic rings. The van der Waals surface area contributed by atoms with E-state index < -0.39 is 0 Å². The predicted molar refractivity (Wildman–Crippen MR) is 337 cm³/mol. The van der Waals surface area contributed by atoms with Gasteiger partial charge in [0.1, 0.15) is 11.5 Å². The van der Waals surface area contributed by atoms with Gasteiger partial charge in [-0.1, -0.05) is 121 Å². The molecule has 4 aliphatic heterocycles. The molecular weight excluding hydrogens is 1050 g/mol. The van der Waals surface area contributed by atoms with Gasteiger partial charge in [-0.3, -0.25) is 0 Å². The van der Waals surface area contributed by atoms with Crippen molar-refractivity contribution in [2.24, 2.45) is 0 Å². The van der Waals surface area contributed by atoms with Crippen molar-refractivity contribution in [3.8, 4) is 39.4 Å². The summed E-state index contributed by atoms with van der Waals surface area (Å²) in [4.78, 5) is 5.07. The summed E-state index contributed by atoms with van der Waals surface area (Å²) in [6.45, 7) is 15.5. The van der Waals surface area contributed by atoms with E-state index in [1.165, 1.54) is 144 Å². The number of anilines is 6. The largest absolute Gasteiger partial charge is 0.458 e. The van der Waals surface area contributed by atoms with Gasteiger partial charge in [0, 0.05) is 65.7 Å². The summed E-state index contributed by atoms with van der Waals surface area (Å²) in [5.74, 6) is 1.80. The lowest BCUT2D eigenvalue weighted by molar-refractivity contribution is 0.488. The Bertz CT molecular complexity index is 4350. The number of benzene rings is 10. The topological polar surface area (TPSA) is 20.6 Å². The third-order valence-corrected chi connectivity index (χ3v) is 18.0. The summed E-state index contributed by atoms with van der Waals surface area (Å²) in [5.41, 5.74) is 32.2. The smallest absolute Gasteiger partial charge is 0.256 e. The van der Waals surface area contributed by atoms with Crippen molar-refractivity contribution in [2.75, 3.05) is 9.80 Å². The van der Waals surface area contributed by atoms with E-state index in [4.69, 9.17) is 4.74 Å². The summed E-state index contributed by atoms with van der Waals surface area (Å²) in [6, 6.07) is 68.0. The average Bonchev–Trinajstić information content (AvgIpc) is 3.94. The second kappa shape index (κ2) is 17.4. The average molecular weight is 1100 g/mol. The summed E-state index contributed by atoms with van der Waals surface area (Å²) in [6.07, 6.45) is 3.44. The third kappa shape index (κ3) is 7.04. The van der Waals surface area contributed by atoms with Crippen LogP contribution in [0.15, 0.2) is 176 Å². The van der Waals surface area contributed by atoms with Crippen LogP contribution in [0.1, 0.15) is 58.7 Å². The summed E-state index contributed by atoms with van der Waals surface area (Å²) < 4.78 is 11.4. The molecule has 0 fully saturated rings. The highest BCUT2D eigenvalue weighted by atomic mass is 127. The van der Waals surface area contributed by atoms with Crippen LogP contribution in [0, 0.1) is 45.1 Å². The molecule has 0 bridgehead atoms. The predicted octanol–water partition coefficient (Wildman–Crippen LogP) is 14.9. The number of hydrogen-bond donors (Lipinski definition) is 0. The van der Waals surface area contributed by atoms with Gasteiger partial charge in [-0.25, -0.2) is 0 Å². The van der Waals surface area contributed by atoms with Gasteiger partial charge in [0.15, 0.2) is 0 Å². The van der Waals surface area contributed by atoms with Gasteiger partial charge in [0.25, 0.3) is 13.4 Å². The fourth-order valence-electron chi connectivity index (χ4n) is 13.7. The van der Waals surface area contributed by atoms with Crippen LogP contribution < -0.4 is 47.3 Å². The highest BCUT2D eigenvalue weighted by molar-refractivity contribution is 14.1. The normalized spacial score (nSPS) is 13.4. The molecule has 0 unspecified atom stereocenters.